The van der Waals surface area contributed by atoms with Crippen LogP contribution in [0.25, 0.3) is 0 Å². The molecular formula is C12H9Cl3N2O2. The first-order chi connectivity index (χ1) is 8.90. The fraction of sp³-hybridized carbons (Fsp3) is 0.167. The van der Waals surface area contributed by atoms with Crippen molar-refractivity contribution in [2.75, 3.05) is 0 Å². The summed E-state index contributed by atoms with van der Waals surface area (Å²) in [5, 5.41) is 1.04. The van der Waals surface area contributed by atoms with Crippen LogP contribution in [0.2, 0.25) is 15.2 Å². The summed E-state index contributed by atoms with van der Waals surface area (Å²) in [5.41, 5.74) is -0.311. The van der Waals surface area contributed by atoms with Gasteiger partial charge in [-0.25, -0.2) is 4.79 Å². The van der Waals surface area contributed by atoms with Gasteiger partial charge in [0.25, 0.3) is 5.56 Å². The number of benzene rings is 1. The molecule has 0 aliphatic rings. The van der Waals surface area contributed by atoms with E-state index in [2.05, 4.69) is 0 Å². The van der Waals surface area contributed by atoms with E-state index in [1.165, 1.54) is 17.7 Å². The van der Waals surface area contributed by atoms with Gasteiger partial charge in [0.1, 0.15) is 5.15 Å². The first-order valence-electron chi connectivity index (χ1n) is 5.30. The van der Waals surface area contributed by atoms with Gasteiger partial charge in [0.05, 0.1) is 6.54 Å². The molecule has 100 valence electrons. The van der Waals surface area contributed by atoms with Crippen molar-refractivity contribution in [3.63, 3.8) is 0 Å². The second-order valence-corrected chi connectivity index (χ2v) is 5.20. The number of halogens is 3. The van der Waals surface area contributed by atoms with Crippen molar-refractivity contribution in [3.05, 3.63) is 65.9 Å². The highest BCUT2D eigenvalue weighted by Crippen LogP contribution is 2.21. The van der Waals surface area contributed by atoms with E-state index in [1.807, 2.05) is 0 Å². The Balaban J connectivity index is 2.56. The predicted molar refractivity (Wildman–Crippen MR) is 76.5 cm³/mol. The molecule has 0 aliphatic heterocycles. The van der Waals surface area contributed by atoms with Crippen LogP contribution in [0.15, 0.2) is 33.9 Å². The standard InChI is InChI=1S/C12H9Cl3N2O2/c1-16-11(18)5-10(15)17(12(16)19)6-7-4-8(13)2-3-9(7)14/h2-5H,6H2,1H3. The van der Waals surface area contributed by atoms with Gasteiger partial charge in [0.2, 0.25) is 0 Å². The summed E-state index contributed by atoms with van der Waals surface area (Å²) in [7, 11) is 1.39. The number of nitrogens with zero attached hydrogens (tertiary/aromatic N) is 2. The third kappa shape index (κ3) is 2.86. The lowest BCUT2D eigenvalue weighted by Gasteiger charge is -2.11. The Morgan fingerprint density at radius 1 is 1.11 bits per heavy atom. The molecule has 1 aromatic heterocycles. The van der Waals surface area contributed by atoms with Crippen molar-refractivity contribution < 1.29 is 0 Å². The molecule has 1 aromatic carbocycles. The molecule has 0 radical (unpaired) electrons. The lowest BCUT2D eigenvalue weighted by atomic mass is 10.2. The molecule has 0 aliphatic carbocycles. The maximum absolute atomic E-state index is 12.0. The molecule has 2 rings (SSSR count). The molecule has 0 atom stereocenters. The van der Waals surface area contributed by atoms with E-state index in [-0.39, 0.29) is 11.7 Å². The molecule has 19 heavy (non-hydrogen) atoms. The Morgan fingerprint density at radius 2 is 1.79 bits per heavy atom. The minimum atomic E-state index is -0.506. The molecule has 0 fully saturated rings. The van der Waals surface area contributed by atoms with Gasteiger partial charge in [-0.05, 0) is 23.8 Å². The summed E-state index contributed by atoms with van der Waals surface area (Å²) in [6.45, 7) is 0.144. The molecule has 0 saturated heterocycles. The van der Waals surface area contributed by atoms with Crippen molar-refractivity contribution in [3.8, 4) is 0 Å². The average molecular weight is 320 g/mol. The van der Waals surface area contributed by atoms with Crippen molar-refractivity contribution >= 4 is 34.8 Å². The topological polar surface area (TPSA) is 44.0 Å². The van der Waals surface area contributed by atoms with Crippen LogP contribution in [0.5, 0.6) is 0 Å². The van der Waals surface area contributed by atoms with Gasteiger partial charge in [0, 0.05) is 23.2 Å². The molecule has 0 amide bonds. The summed E-state index contributed by atoms with van der Waals surface area (Å²) in [4.78, 5) is 23.4. The van der Waals surface area contributed by atoms with Crippen molar-refractivity contribution in [1.82, 2.24) is 9.13 Å². The van der Waals surface area contributed by atoms with Crippen molar-refractivity contribution in [1.29, 1.82) is 0 Å². The van der Waals surface area contributed by atoms with Gasteiger partial charge in [0.15, 0.2) is 0 Å². The molecule has 0 bridgehead atoms. The van der Waals surface area contributed by atoms with Gasteiger partial charge < -0.3 is 0 Å². The van der Waals surface area contributed by atoms with Crippen LogP contribution in [0, 0.1) is 0 Å². The van der Waals surface area contributed by atoms with Crippen LogP contribution in [-0.4, -0.2) is 9.13 Å². The minimum absolute atomic E-state index is 0.0594. The van der Waals surface area contributed by atoms with Crippen LogP contribution in [0.1, 0.15) is 5.56 Å². The number of hydrogen-bond donors (Lipinski definition) is 0. The maximum Gasteiger partial charge on any atom is 0.332 e. The quantitative estimate of drug-likeness (QED) is 0.799. The summed E-state index contributed by atoms with van der Waals surface area (Å²) < 4.78 is 2.23. The van der Waals surface area contributed by atoms with E-state index in [1.54, 1.807) is 18.2 Å². The Bertz CT molecular complexity index is 750. The second kappa shape index (κ2) is 5.41. The van der Waals surface area contributed by atoms with Gasteiger partial charge in [-0.15, -0.1) is 0 Å². The Labute approximate surface area is 123 Å². The molecule has 2 aromatic rings. The first kappa shape index (κ1) is 14.2. The molecule has 7 heteroatoms. The largest absolute Gasteiger partial charge is 0.332 e. The SMILES string of the molecule is Cn1c(=O)cc(Cl)n(Cc2cc(Cl)ccc2Cl)c1=O. The second-order valence-electron chi connectivity index (χ2n) is 3.97. The molecule has 0 saturated carbocycles. The smallest absolute Gasteiger partial charge is 0.279 e. The highest BCUT2D eigenvalue weighted by molar-refractivity contribution is 6.33. The van der Waals surface area contributed by atoms with E-state index in [0.29, 0.717) is 15.6 Å². The summed E-state index contributed by atoms with van der Waals surface area (Å²) in [6.07, 6.45) is 0. The monoisotopic (exact) mass is 318 g/mol. The fourth-order valence-corrected chi connectivity index (χ4v) is 2.22. The molecular weight excluding hydrogens is 311 g/mol. The van der Waals surface area contributed by atoms with Crippen molar-refractivity contribution in [2.45, 2.75) is 6.54 Å². The van der Waals surface area contributed by atoms with Gasteiger partial charge in [-0.1, -0.05) is 34.8 Å². The van der Waals surface area contributed by atoms with E-state index < -0.39 is 11.2 Å². The normalized spacial score (nSPS) is 10.7. The zero-order chi connectivity index (χ0) is 14.2. The van der Waals surface area contributed by atoms with Crippen LogP contribution in [-0.2, 0) is 13.6 Å². The minimum Gasteiger partial charge on any atom is -0.279 e. The Kier molecular flexibility index (Phi) is 4.04. The average Bonchev–Trinajstić information content (AvgIpc) is 2.36. The third-order valence-corrected chi connectivity index (χ3v) is 3.60. The summed E-state index contributed by atoms with van der Waals surface area (Å²) >= 11 is 17.8. The van der Waals surface area contributed by atoms with Crippen LogP contribution in [0.4, 0.5) is 0 Å². The molecule has 1 heterocycles. The molecule has 0 unspecified atom stereocenters. The first-order valence-corrected chi connectivity index (χ1v) is 6.44. The number of aromatic nitrogens is 2. The van der Waals surface area contributed by atoms with Crippen LogP contribution < -0.4 is 11.2 Å². The number of hydrogen-bond acceptors (Lipinski definition) is 2. The van der Waals surface area contributed by atoms with Gasteiger partial charge in [-0.2, -0.15) is 0 Å². The zero-order valence-electron chi connectivity index (χ0n) is 9.86. The van der Waals surface area contributed by atoms with E-state index in [0.717, 1.165) is 4.57 Å². The van der Waals surface area contributed by atoms with E-state index in [9.17, 15) is 9.59 Å². The molecule has 0 spiro atoms. The lowest BCUT2D eigenvalue weighted by Crippen LogP contribution is -2.38. The van der Waals surface area contributed by atoms with Gasteiger partial charge in [-0.3, -0.25) is 13.9 Å². The van der Waals surface area contributed by atoms with E-state index in [4.69, 9.17) is 34.8 Å². The predicted octanol–water partition coefficient (Wildman–Crippen LogP) is 2.56. The Morgan fingerprint density at radius 3 is 2.47 bits per heavy atom. The lowest BCUT2D eigenvalue weighted by molar-refractivity contribution is 0.646. The molecule has 0 N–H and O–H groups in total. The highest BCUT2D eigenvalue weighted by atomic mass is 35.5. The van der Waals surface area contributed by atoms with E-state index >= 15 is 0 Å². The zero-order valence-corrected chi connectivity index (χ0v) is 12.1. The highest BCUT2D eigenvalue weighted by Gasteiger charge is 2.10. The fourth-order valence-electron chi connectivity index (χ4n) is 1.62. The summed E-state index contributed by atoms with van der Waals surface area (Å²) in [6, 6.07) is 6.12. The van der Waals surface area contributed by atoms with Gasteiger partial charge >= 0.3 is 5.69 Å². The number of rotatable bonds is 2. The summed E-state index contributed by atoms with van der Waals surface area (Å²) in [5.74, 6) is 0. The third-order valence-electron chi connectivity index (χ3n) is 2.69. The van der Waals surface area contributed by atoms with Crippen LogP contribution in [0.3, 0.4) is 0 Å². The van der Waals surface area contributed by atoms with Crippen molar-refractivity contribution in [2.24, 2.45) is 7.05 Å². The Hall–Kier alpha value is -1.23. The maximum atomic E-state index is 12.0. The van der Waals surface area contributed by atoms with Crippen LogP contribution >= 0.6 is 34.8 Å². The molecule has 4 nitrogen and oxygen atoms in total.